The number of urea groups is 1. The molecule has 0 spiro atoms. The average Bonchev–Trinajstić information content (AvgIpc) is 3.02. The van der Waals surface area contributed by atoms with Gasteiger partial charge in [0.1, 0.15) is 12.7 Å². The summed E-state index contributed by atoms with van der Waals surface area (Å²) in [4.78, 5) is 18.2. The van der Waals surface area contributed by atoms with Gasteiger partial charge in [-0.2, -0.15) is 5.10 Å². The Kier molecular flexibility index (Phi) is 4.52. The van der Waals surface area contributed by atoms with Crippen LogP contribution in [0.5, 0.6) is 0 Å². The predicted molar refractivity (Wildman–Crippen MR) is 79.6 cm³/mol. The van der Waals surface area contributed by atoms with Crippen LogP contribution in [-0.4, -0.2) is 44.8 Å². The number of hydrogen-bond donors (Lipinski definition) is 1. The van der Waals surface area contributed by atoms with Gasteiger partial charge in [-0.3, -0.25) is 4.68 Å². The lowest BCUT2D eigenvalue weighted by atomic mass is 9.97. The molecule has 1 N–H and O–H groups in total. The first kappa shape index (κ1) is 14.1. The summed E-state index contributed by atoms with van der Waals surface area (Å²) in [6, 6.07) is 0.421. The Morgan fingerprint density at radius 2 is 2.10 bits per heavy atom. The van der Waals surface area contributed by atoms with Crippen LogP contribution in [0.2, 0.25) is 0 Å². The number of aromatic nitrogens is 3. The van der Waals surface area contributed by atoms with Crippen LogP contribution in [0, 0.1) is 5.92 Å². The zero-order chi connectivity index (χ0) is 14.5. The van der Waals surface area contributed by atoms with Crippen molar-refractivity contribution in [3.05, 3.63) is 24.8 Å². The first-order valence-corrected chi connectivity index (χ1v) is 7.84. The molecule has 0 unspecified atom stereocenters. The fraction of sp³-hybridized carbons (Fsp3) is 0.667. The lowest BCUT2D eigenvalue weighted by Gasteiger charge is -2.33. The molecule has 114 valence electrons. The fourth-order valence-electron chi connectivity index (χ4n) is 3.10. The molecular weight excluding hydrogens is 266 g/mol. The standard InChI is InChI=1S/C15H23N5O/c21-15(18-14-4-2-1-3-5-14)19-8-6-13(7-9-19)10-20-12-16-11-17-20/h1-2,11-14H,3-10H2,(H,18,21)/t14-/m1/s1. The smallest absolute Gasteiger partial charge is 0.317 e. The number of nitrogens with one attached hydrogen (secondary N) is 1. The molecule has 2 heterocycles. The molecule has 6 nitrogen and oxygen atoms in total. The number of carbonyl (C=O) groups is 1. The lowest BCUT2D eigenvalue weighted by Crippen LogP contribution is -2.48. The molecule has 6 heteroatoms. The quantitative estimate of drug-likeness (QED) is 0.863. The average molecular weight is 289 g/mol. The summed E-state index contributed by atoms with van der Waals surface area (Å²) in [5.74, 6) is 0.591. The molecule has 21 heavy (non-hydrogen) atoms. The molecule has 1 aromatic rings. The van der Waals surface area contributed by atoms with E-state index in [1.807, 2.05) is 9.58 Å². The van der Waals surface area contributed by atoms with E-state index in [0.717, 1.165) is 51.7 Å². The Morgan fingerprint density at radius 3 is 2.76 bits per heavy atom. The summed E-state index contributed by atoms with van der Waals surface area (Å²) in [7, 11) is 0. The van der Waals surface area contributed by atoms with Crippen LogP contribution in [0.15, 0.2) is 24.8 Å². The van der Waals surface area contributed by atoms with Crippen molar-refractivity contribution >= 4 is 6.03 Å². The third-order valence-electron chi connectivity index (χ3n) is 4.41. The lowest BCUT2D eigenvalue weighted by molar-refractivity contribution is 0.160. The van der Waals surface area contributed by atoms with Crippen molar-refractivity contribution < 1.29 is 4.79 Å². The maximum atomic E-state index is 12.3. The molecule has 2 amide bonds. The molecule has 0 radical (unpaired) electrons. The van der Waals surface area contributed by atoms with Crippen LogP contribution in [0.3, 0.4) is 0 Å². The highest BCUT2D eigenvalue weighted by Gasteiger charge is 2.24. The van der Waals surface area contributed by atoms with Gasteiger partial charge in [0.2, 0.25) is 0 Å². The Balaban J connectivity index is 1.42. The van der Waals surface area contributed by atoms with Gasteiger partial charge < -0.3 is 10.2 Å². The SMILES string of the molecule is O=C(N[C@@H]1CC=CCC1)N1CCC(Cn2cncn2)CC1. The number of likely N-dealkylation sites (tertiary alicyclic amines) is 1. The number of carbonyl (C=O) groups excluding carboxylic acids is 1. The zero-order valence-electron chi connectivity index (χ0n) is 12.3. The van der Waals surface area contributed by atoms with Crippen LogP contribution < -0.4 is 5.32 Å². The number of allylic oxidation sites excluding steroid dienone is 1. The van der Waals surface area contributed by atoms with Crippen molar-refractivity contribution in [3.8, 4) is 0 Å². The molecular formula is C15H23N5O. The molecule has 0 bridgehead atoms. The summed E-state index contributed by atoms with van der Waals surface area (Å²) in [5, 5.41) is 7.31. The second kappa shape index (κ2) is 6.74. The molecule has 1 aromatic heterocycles. The second-order valence-corrected chi connectivity index (χ2v) is 5.98. The van der Waals surface area contributed by atoms with E-state index >= 15 is 0 Å². The van der Waals surface area contributed by atoms with Gasteiger partial charge in [-0.25, -0.2) is 9.78 Å². The topological polar surface area (TPSA) is 63.1 Å². The second-order valence-electron chi connectivity index (χ2n) is 5.98. The monoisotopic (exact) mass is 289 g/mol. The van der Waals surface area contributed by atoms with Gasteiger partial charge >= 0.3 is 6.03 Å². The zero-order valence-corrected chi connectivity index (χ0v) is 12.3. The molecule has 1 aliphatic carbocycles. The Hall–Kier alpha value is -1.85. The molecule has 1 atom stereocenters. The molecule has 0 aromatic carbocycles. The summed E-state index contributed by atoms with van der Waals surface area (Å²) in [6.07, 6.45) is 12.9. The van der Waals surface area contributed by atoms with E-state index < -0.39 is 0 Å². The normalized spacial score (nSPS) is 23.2. The highest BCUT2D eigenvalue weighted by molar-refractivity contribution is 5.74. The van der Waals surface area contributed by atoms with Crippen LogP contribution >= 0.6 is 0 Å². The highest BCUT2D eigenvalue weighted by atomic mass is 16.2. The summed E-state index contributed by atoms with van der Waals surface area (Å²) in [5.41, 5.74) is 0. The van der Waals surface area contributed by atoms with E-state index in [2.05, 4.69) is 27.6 Å². The molecule has 0 saturated carbocycles. The first-order chi connectivity index (χ1) is 10.3. The molecule has 1 saturated heterocycles. The van der Waals surface area contributed by atoms with Gasteiger partial charge in [0.25, 0.3) is 0 Å². The van der Waals surface area contributed by atoms with E-state index in [1.54, 1.807) is 12.7 Å². The number of piperidine rings is 1. The largest absolute Gasteiger partial charge is 0.335 e. The van der Waals surface area contributed by atoms with Crippen molar-refractivity contribution in [3.63, 3.8) is 0 Å². The highest BCUT2D eigenvalue weighted by Crippen LogP contribution is 2.19. The van der Waals surface area contributed by atoms with E-state index in [-0.39, 0.29) is 6.03 Å². The van der Waals surface area contributed by atoms with Crippen molar-refractivity contribution in [1.82, 2.24) is 25.0 Å². The van der Waals surface area contributed by atoms with E-state index in [4.69, 9.17) is 0 Å². The number of rotatable bonds is 3. The van der Waals surface area contributed by atoms with Crippen molar-refractivity contribution in [2.45, 2.75) is 44.7 Å². The van der Waals surface area contributed by atoms with Crippen LogP contribution in [0.25, 0.3) is 0 Å². The first-order valence-electron chi connectivity index (χ1n) is 7.84. The molecule has 3 rings (SSSR count). The Morgan fingerprint density at radius 1 is 1.24 bits per heavy atom. The van der Waals surface area contributed by atoms with Gasteiger partial charge in [0.05, 0.1) is 0 Å². The third kappa shape index (κ3) is 3.83. The maximum Gasteiger partial charge on any atom is 0.317 e. The summed E-state index contributed by atoms with van der Waals surface area (Å²) in [6.45, 7) is 2.59. The van der Waals surface area contributed by atoms with E-state index in [0.29, 0.717) is 12.0 Å². The Bertz CT molecular complexity index is 476. The van der Waals surface area contributed by atoms with E-state index in [1.165, 1.54) is 0 Å². The minimum absolute atomic E-state index is 0.106. The van der Waals surface area contributed by atoms with Crippen molar-refractivity contribution in [2.75, 3.05) is 13.1 Å². The summed E-state index contributed by atoms with van der Waals surface area (Å²) >= 11 is 0. The van der Waals surface area contributed by atoms with Crippen molar-refractivity contribution in [2.24, 2.45) is 5.92 Å². The fourth-order valence-corrected chi connectivity index (χ4v) is 3.10. The van der Waals surface area contributed by atoms with Crippen LogP contribution in [0.1, 0.15) is 32.1 Å². The van der Waals surface area contributed by atoms with Gasteiger partial charge in [0, 0.05) is 25.7 Å². The predicted octanol–water partition coefficient (Wildman–Crippen LogP) is 1.81. The van der Waals surface area contributed by atoms with E-state index in [9.17, 15) is 4.79 Å². The van der Waals surface area contributed by atoms with Gasteiger partial charge in [-0.1, -0.05) is 12.2 Å². The van der Waals surface area contributed by atoms with Crippen LogP contribution in [-0.2, 0) is 6.54 Å². The van der Waals surface area contributed by atoms with Gasteiger partial charge in [0.15, 0.2) is 0 Å². The van der Waals surface area contributed by atoms with Gasteiger partial charge in [-0.15, -0.1) is 0 Å². The third-order valence-corrected chi connectivity index (χ3v) is 4.41. The van der Waals surface area contributed by atoms with Crippen LogP contribution in [0.4, 0.5) is 4.79 Å². The molecule has 2 aliphatic rings. The maximum absolute atomic E-state index is 12.3. The van der Waals surface area contributed by atoms with Crippen molar-refractivity contribution in [1.29, 1.82) is 0 Å². The number of hydrogen-bond acceptors (Lipinski definition) is 3. The van der Waals surface area contributed by atoms with Gasteiger partial charge in [-0.05, 0) is 38.0 Å². The number of nitrogens with zero attached hydrogens (tertiary/aromatic N) is 4. The summed E-state index contributed by atoms with van der Waals surface area (Å²) < 4.78 is 1.88. The minimum atomic E-state index is 0.106. The number of amides is 2. The molecule has 1 aliphatic heterocycles. The minimum Gasteiger partial charge on any atom is -0.335 e. The Labute approximate surface area is 125 Å². The molecule has 1 fully saturated rings.